The van der Waals surface area contributed by atoms with Gasteiger partial charge in [-0.15, -0.1) is 11.3 Å². The van der Waals surface area contributed by atoms with E-state index in [1.807, 2.05) is 0 Å². The number of rotatable bonds is 6. The first kappa shape index (κ1) is 17.0. The molecule has 0 atom stereocenters. The number of hydrogen-bond donors (Lipinski definition) is 3. The zero-order valence-corrected chi connectivity index (χ0v) is 13.4. The Labute approximate surface area is 141 Å². The van der Waals surface area contributed by atoms with Crippen molar-refractivity contribution in [3.05, 3.63) is 56.7 Å². The van der Waals surface area contributed by atoms with Gasteiger partial charge in [0.25, 0.3) is 11.8 Å². The molecule has 2 rings (SSSR count). The summed E-state index contributed by atoms with van der Waals surface area (Å²) < 4.78 is 0. The number of benzene rings is 1. The standard InChI is InChI=1S/C15H13ClN2O4S/c16-10-4-2-1-3-9(10)13(19)17-7-8-18-14(20)11-5-6-12(23-11)15(21)22/h1-6H,7-8H2,(H,17,19)(H,18,20)(H,21,22). The maximum absolute atomic E-state index is 11.9. The van der Waals surface area contributed by atoms with Crippen LogP contribution in [0.4, 0.5) is 0 Å². The largest absolute Gasteiger partial charge is 0.477 e. The Morgan fingerprint density at radius 3 is 2.17 bits per heavy atom. The van der Waals surface area contributed by atoms with E-state index in [0.29, 0.717) is 15.5 Å². The van der Waals surface area contributed by atoms with Crippen LogP contribution in [0, 0.1) is 0 Å². The van der Waals surface area contributed by atoms with Crippen LogP contribution in [0.15, 0.2) is 36.4 Å². The van der Waals surface area contributed by atoms with Gasteiger partial charge in [0.15, 0.2) is 0 Å². The molecule has 2 aromatic rings. The molecular formula is C15H13ClN2O4S. The Balaban J connectivity index is 1.78. The van der Waals surface area contributed by atoms with Crippen molar-refractivity contribution in [1.29, 1.82) is 0 Å². The summed E-state index contributed by atoms with van der Waals surface area (Å²) in [6, 6.07) is 9.49. The van der Waals surface area contributed by atoms with Gasteiger partial charge in [-0.25, -0.2) is 4.79 Å². The quantitative estimate of drug-likeness (QED) is 0.695. The lowest BCUT2D eigenvalue weighted by molar-refractivity contribution is 0.0701. The zero-order valence-electron chi connectivity index (χ0n) is 11.8. The van der Waals surface area contributed by atoms with Crippen LogP contribution in [-0.2, 0) is 0 Å². The highest BCUT2D eigenvalue weighted by atomic mass is 35.5. The van der Waals surface area contributed by atoms with Crippen molar-refractivity contribution in [3.63, 3.8) is 0 Å². The zero-order chi connectivity index (χ0) is 16.8. The molecule has 2 amide bonds. The SMILES string of the molecule is O=C(O)c1ccc(C(=O)NCCNC(=O)c2ccccc2Cl)s1. The molecule has 120 valence electrons. The molecule has 1 aromatic heterocycles. The molecule has 0 spiro atoms. The molecule has 3 N–H and O–H groups in total. The number of nitrogens with one attached hydrogen (secondary N) is 2. The van der Waals surface area contributed by atoms with Crippen molar-refractivity contribution in [1.82, 2.24) is 10.6 Å². The molecule has 1 aromatic carbocycles. The van der Waals surface area contributed by atoms with Crippen molar-refractivity contribution in [2.45, 2.75) is 0 Å². The summed E-state index contributed by atoms with van der Waals surface area (Å²) >= 11 is 6.81. The van der Waals surface area contributed by atoms with Gasteiger partial charge in [0.2, 0.25) is 0 Å². The van der Waals surface area contributed by atoms with E-state index in [0.717, 1.165) is 11.3 Å². The molecule has 0 saturated heterocycles. The van der Waals surface area contributed by atoms with Crippen LogP contribution in [-0.4, -0.2) is 36.0 Å². The van der Waals surface area contributed by atoms with Crippen molar-refractivity contribution < 1.29 is 19.5 Å². The highest BCUT2D eigenvalue weighted by Gasteiger charge is 2.13. The van der Waals surface area contributed by atoms with E-state index >= 15 is 0 Å². The monoisotopic (exact) mass is 352 g/mol. The van der Waals surface area contributed by atoms with E-state index in [9.17, 15) is 14.4 Å². The second-order valence-corrected chi connectivity index (χ2v) is 5.95. The van der Waals surface area contributed by atoms with Crippen LogP contribution in [0.25, 0.3) is 0 Å². The molecule has 0 aliphatic carbocycles. The molecule has 0 unspecified atom stereocenters. The second-order valence-electron chi connectivity index (χ2n) is 4.46. The van der Waals surface area contributed by atoms with E-state index < -0.39 is 5.97 Å². The molecule has 0 bridgehead atoms. The van der Waals surface area contributed by atoms with Gasteiger partial charge in [0.1, 0.15) is 4.88 Å². The topological polar surface area (TPSA) is 95.5 Å². The third-order valence-corrected chi connectivity index (χ3v) is 4.26. The summed E-state index contributed by atoms with van der Waals surface area (Å²) in [4.78, 5) is 34.9. The van der Waals surface area contributed by atoms with E-state index in [2.05, 4.69) is 10.6 Å². The van der Waals surface area contributed by atoms with Crippen molar-refractivity contribution >= 4 is 40.7 Å². The van der Waals surface area contributed by atoms with Gasteiger partial charge < -0.3 is 15.7 Å². The van der Waals surface area contributed by atoms with E-state index in [4.69, 9.17) is 16.7 Å². The average molecular weight is 353 g/mol. The Morgan fingerprint density at radius 2 is 1.57 bits per heavy atom. The predicted molar refractivity (Wildman–Crippen MR) is 87.4 cm³/mol. The minimum Gasteiger partial charge on any atom is -0.477 e. The molecule has 0 saturated carbocycles. The number of thiophene rings is 1. The Morgan fingerprint density at radius 1 is 0.957 bits per heavy atom. The third-order valence-electron chi connectivity index (χ3n) is 2.86. The number of carboxylic acid groups (broad SMARTS) is 1. The van der Waals surface area contributed by atoms with Gasteiger partial charge in [-0.2, -0.15) is 0 Å². The summed E-state index contributed by atoms with van der Waals surface area (Å²) in [6.07, 6.45) is 0. The van der Waals surface area contributed by atoms with Crippen LogP contribution >= 0.6 is 22.9 Å². The number of hydrogen-bond acceptors (Lipinski definition) is 4. The van der Waals surface area contributed by atoms with Gasteiger partial charge >= 0.3 is 5.97 Å². The van der Waals surface area contributed by atoms with Crippen molar-refractivity contribution in [2.24, 2.45) is 0 Å². The predicted octanol–water partition coefficient (Wildman–Crippen LogP) is 2.26. The molecule has 1 heterocycles. The number of carbonyl (C=O) groups excluding carboxylic acids is 2. The smallest absolute Gasteiger partial charge is 0.345 e. The molecule has 0 fully saturated rings. The van der Waals surface area contributed by atoms with Gasteiger partial charge in [-0.1, -0.05) is 23.7 Å². The van der Waals surface area contributed by atoms with Gasteiger partial charge in [-0.3, -0.25) is 9.59 Å². The van der Waals surface area contributed by atoms with Gasteiger partial charge in [-0.05, 0) is 24.3 Å². The van der Waals surface area contributed by atoms with Crippen LogP contribution in [0.1, 0.15) is 29.7 Å². The maximum Gasteiger partial charge on any atom is 0.345 e. The summed E-state index contributed by atoms with van der Waals surface area (Å²) in [5.41, 5.74) is 0.366. The Hall–Kier alpha value is -2.38. The summed E-state index contributed by atoms with van der Waals surface area (Å²) in [5.74, 6) is -1.77. The first-order valence-electron chi connectivity index (χ1n) is 6.63. The third kappa shape index (κ3) is 4.54. The van der Waals surface area contributed by atoms with Crippen LogP contribution in [0.5, 0.6) is 0 Å². The lowest BCUT2D eigenvalue weighted by Gasteiger charge is -2.07. The average Bonchev–Trinajstić information content (AvgIpc) is 3.02. The highest BCUT2D eigenvalue weighted by Crippen LogP contribution is 2.16. The molecule has 23 heavy (non-hydrogen) atoms. The van der Waals surface area contributed by atoms with Crippen molar-refractivity contribution in [2.75, 3.05) is 13.1 Å². The fourth-order valence-electron chi connectivity index (χ4n) is 1.75. The number of aromatic carboxylic acids is 1. The first-order chi connectivity index (χ1) is 11.0. The van der Waals surface area contributed by atoms with E-state index in [1.165, 1.54) is 12.1 Å². The minimum atomic E-state index is -1.07. The van der Waals surface area contributed by atoms with E-state index in [1.54, 1.807) is 24.3 Å². The Bertz CT molecular complexity index is 745. The Kier molecular flexibility index (Phi) is 5.72. The van der Waals surface area contributed by atoms with Crippen LogP contribution in [0.3, 0.4) is 0 Å². The summed E-state index contributed by atoms with van der Waals surface area (Å²) in [6.45, 7) is 0.447. The summed E-state index contributed by atoms with van der Waals surface area (Å²) in [7, 11) is 0. The van der Waals surface area contributed by atoms with Gasteiger partial charge in [0, 0.05) is 13.1 Å². The lowest BCUT2D eigenvalue weighted by atomic mass is 10.2. The number of carbonyl (C=O) groups is 3. The van der Waals surface area contributed by atoms with Gasteiger partial charge in [0.05, 0.1) is 15.5 Å². The fraction of sp³-hybridized carbons (Fsp3) is 0.133. The maximum atomic E-state index is 11.9. The van der Waals surface area contributed by atoms with Crippen LogP contribution in [0.2, 0.25) is 5.02 Å². The minimum absolute atomic E-state index is 0.0992. The molecule has 6 nitrogen and oxygen atoms in total. The molecule has 0 aliphatic heterocycles. The fourth-order valence-corrected chi connectivity index (χ4v) is 2.74. The van der Waals surface area contributed by atoms with Crippen molar-refractivity contribution in [3.8, 4) is 0 Å². The summed E-state index contributed by atoms with van der Waals surface area (Å²) in [5, 5.41) is 14.4. The lowest BCUT2D eigenvalue weighted by Crippen LogP contribution is -2.34. The normalized spacial score (nSPS) is 10.1. The molecular weight excluding hydrogens is 340 g/mol. The number of halogens is 1. The first-order valence-corrected chi connectivity index (χ1v) is 7.82. The van der Waals surface area contributed by atoms with E-state index in [-0.39, 0.29) is 29.8 Å². The number of amides is 2. The molecule has 8 heteroatoms. The highest BCUT2D eigenvalue weighted by molar-refractivity contribution is 7.15. The molecule has 0 radical (unpaired) electrons. The second kappa shape index (κ2) is 7.75. The number of carboxylic acids is 1. The molecule has 0 aliphatic rings. The van der Waals surface area contributed by atoms with Crippen LogP contribution < -0.4 is 10.6 Å².